The van der Waals surface area contributed by atoms with Crippen molar-refractivity contribution in [2.24, 2.45) is 5.92 Å². The molecule has 3 saturated heterocycles. The van der Waals surface area contributed by atoms with Crippen LogP contribution in [0, 0.1) is 5.92 Å². The number of anilines is 1. The first kappa shape index (κ1) is 15.9. The monoisotopic (exact) mass is 347 g/mol. The van der Waals surface area contributed by atoms with E-state index in [9.17, 15) is 4.79 Å². The molecule has 0 aliphatic carbocycles. The number of fused-ring (bicyclic) bond motifs is 4. The lowest BCUT2D eigenvalue weighted by atomic mass is 9.81. The van der Waals surface area contributed by atoms with E-state index in [1.165, 1.54) is 37.1 Å². The Bertz CT molecular complexity index is 813. The molecule has 4 aliphatic heterocycles. The second-order valence-electron chi connectivity index (χ2n) is 7.83. The Morgan fingerprint density at radius 3 is 2.31 bits per heavy atom. The molecule has 2 aromatic carbocycles. The number of piperidine rings is 3. The molecule has 0 saturated carbocycles. The molecule has 0 aromatic heterocycles. The molecule has 4 heterocycles. The number of hydrogen-bond donors (Lipinski definition) is 0. The summed E-state index contributed by atoms with van der Waals surface area (Å²) in [6, 6.07) is 19.3. The Morgan fingerprint density at radius 2 is 1.62 bits per heavy atom. The van der Waals surface area contributed by atoms with E-state index in [1.807, 2.05) is 24.1 Å². The van der Waals surface area contributed by atoms with Crippen LogP contribution in [0.4, 0.5) is 10.5 Å². The van der Waals surface area contributed by atoms with Gasteiger partial charge in [-0.1, -0.05) is 48.5 Å². The predicted molar refractivity (Wildman–Crippen MR) is 103 cm³/mol. The highest BCUT2D eigenvalue weighted by Crippen LogP contribution is 2.44. The van der Waals surface area contributed by atoms with Crippen molar-refractivity contribution in [2.45, 2.75) is 24.9 Å². The molecule has 0 N–H and O–H groups in total. The van der Waals surface area contributed by atoms with E-state index in [4.69, 9.17) is 0 Å². The van der Waals surface area contributed by atoms with Gasteiger partial charge in [-0.15, -0.1) is 0 Å². The van der Waals surface area contributed by atoms with Gasteiger partial charge in [-0.05, 0) is 43.5 Å². The fourth-order valence-corrected chi connectivity index (χ4v) is 5.12. The van der Waals surface area contributed by atoms with Gasteiger partial charge >= 0.3 is 6.03 Å². The minimum Gasteiger partial charge on any atom is -0.309 e. The van der Waals surface area contributed by atoms with Gasteiger partial charge in [-0.3, -0.25) is 4.90 Å². The Balaban J connectivity index is 1.65. The topological polar surface area (TPSA) is 26.8 Å². The van der Waals surface area contributed by atoms with Gasteiger partial charge < -0.3 is 9.80 Å². The number of benzene rings is 2. The molecule has 2 bridgehead atoms. The molecule has 0 spiro atoms. The summed E-state index contributed by atoms with van der Waals surface area (Å²) < 4.78 is 0. The number of urea groups is 1. The summed E-state index contributed by atoms with van der Waals surface area (Å²) in [5.74, 6) is 0.619. The summed E-state index contributed by atoms with van der Waals surface area (Å²) in [4.78, 5) is 20.0. The first-order valence-electron chi connectivity index (χ1n) is 9.66. The van der Waals surface area contributed by atoms with Gasteiger partial charge in [-0.2, -0.15) is 0 Å². The summed E-state index contributed by atoms with van der Waals surface area (Å²) >= 11 is 0. The van der Waals surface area contributed by atoms with Crippen molar-refractivity contribution in [1.29, 1.82) is 0 Å². The number of carbonyl (C=O) groups is 1. The van der Waals surface area contributed by atoms with Crippen LogP contribution < -0.4 is 4.90 Å². The van der Waals surface area contributed by atoms with Crippen LogP contribution in [0.3, 0.4) is 0 Å². The minimum atomic E-state index is 0.00153. The molecule has 4 heteroatoms. The molecule has 2 amide bonds. The molecule has 4 aliphatic rings. The maximum absolute atomic E-state index is 13.5. The first-order chi connectivity index (χ1) is 12.7. The highest BCUT2D eigenvalue weighted by atomic mass is 16.2. The number of rotatable bonds is 2. The number of nitrogens with zero attached hydrogens (tertiary/aromatic N) is 3. The van der Waals surface area contributed by atoms with Crippen molar-refractivity contribution in [2.75, 3.05) is 31.6 Å². The lowest BCUT2D eigenvalue weighted by Gasteiger charge is -2.53. The molecule has 2 aromatic rings. The van der Waals surface area contributed by atoms with Gasteiger partial charge in [0.1, 0.15) is 0 Å². The maximum Gasteiger partial charge on any atom is 0.325 e. The summed E-state index contributed by atoms with van der Waals surface area (Å²) in [5.41, 5.74) is 3.47. The van der Waals surface area contributed by atoms with Gasteiger partial charge in [0.05, 0.1) is 17.8 Å². The lowest BCUT2D eigenvalue weighted by molar-refractivity contribution is 0.0117. The zero-order valence-electron chi connectivity index (χ0n) is 15.2. The lowest BCUT2D eigenvalue weighted by Crippen LogP contribution is -2.62. The molecular formula is C22H25N3O. The normalized spacial score (nSPS) is 30.4. The van der Waals surface area contributed by atoms with Crippen molar-refractivity contribution in [3.8, 4) is 0 Å². The molecular weight excluding hydrogens is 322 g/mol. The standard InChI is InChI=1S/C22H25N3O/c1-23-19-10-6-5-9-18(19)21(17-7-3-2-4-8-17)25(22(23)26)20-15-24-13-11-16(20)12-14-24/h2-10,16,20-21H,11-15H2,1H3. The van der Waals surface area contributed by atoms with Gasteiger partial charge in [0.15, 0.2) is 0 Å². The number of carbonyl (C=O) groups excluding carboxylic acids is 1. The average molecular weight is 347 g/mol. The Labute approximate surface area is 155 Å². The van der Waals surface area contributed by atoms with E-state index in [1.54, 1.807) is 0 Å². The third-order valence-corrected chi connectivity index (χ3v) is 6.47. The molecule has 134 valence electrons. The number of para-hydroxylation sites is 1. The second kappa shape index (κ2) is 6.13. The van der Waals surface area contributed by atoms with Crippen LogP contribution in [-0.2, 0) is 0 Å². The summed E-state index contributed by atoms with van der Waals surface area (Å²) in [7, 11) is 1.91. The smallest absolute Gasteiger partial charge is 0.309 e. The highest BCUT2D eigenvalue weighted by Gasteiger charge is 2.46. The molecule has 4 nitrogen and oxygen atoms in total. The van der Waals surface area contributed by atoms with Crippen LogP contribution in [-0.4, -0.2) is 48.6 Å². The predicted octanol–water partition coefficient (Wildman–Crippen LogP) is 3.74. The maximum atomic E-state index is 13.5. The van der Waals surface area contributed by atoms with Crippen molar-refractivity contribution >= 4 is 11.7 Å². The molecule has 6 rings (SSSR count). The fraction of sp³-hybridized carbons (Fsp3) is 0.409. The fourth-order valence-electron chi connectivity index (χ4n) is 5.12. The van der Waals surface area contributed by atoms with Crippen molar-refractivity contribution in [3.63, 3.8) is 0 Å². The third-order valence-electron chi connectivity index (χ3n) is 6.47. The Kier molecular flexibility index (Phi) is 3.75. The zero-order valence-corrected chi connectivity index (χ0v) is 15.2. The molecule has 26 heavy (non-hydrogen) atoms. The van der Waals surface area contributed by atoms with E-state index >= 15 is 0 Å². The SMILES string of the molecule is CN1C(=O)N(C2CN3CCC2CC3)C(c2ccccc2)c2ccccc21. The quantitative estimate of drug-likeness (QED) is 0.827. The minimum absolute atomic E-state index is 0.00153. The number of amides is 2. The van der Waals surface area contributed by atoms with Gasteiger partial charge in [-0.25, -0.2) is 4.79 Å². The van der Waals surface area contributed by atoms with Crippen LogP contribution in [0.5, 0.6) is 0 Å². The highest BCUT2D eigenvalue weighted by molar-refractivity contribution is 5.95. The second-order valence-corrected chi connectivity index (χ2v) is 7.83. The van der Waals surface area contributed by atoms with Crippen LogP contribution in [0.2, 0.25) is 0 Å². The molecule has 3 fully saturated rings. The summed E-state index contributed by atoms with van der Waals surface area (Å²) in [5, 5.41) is 0. The van der Waals surface area contributed by atoms with E-state index in [-0.39, 0.29) is 12.1 Å². The van der Waals surface area contributed by atoms with E-state index in [2.05, 4.69) is 52.3 Å². The average Bonchev–Trinajstić information content (AvgIpc) is 2.72. The van der Waals surface area contributed by atoms with Crippen LogP contribution in [0.15, 0.2) is 54.6 Å². The first-order valence-corrected chi connectivity index (χ1v) is 9.66. The van der Waals surface area contributed by atoms with Crippen LogP contribution in [0.1, 0.15) is 30.0 Å². The van der Waals surface area contributed by atoms with E-state index in [0.717, 1.165) is 12.2 Å². The van der Waals surface area contributed by atoms with Crippen molar-refractivity contribution in [3.05, 3.63) is 65.7 Å². The van der Waals surface area contributed by atoms with Crippen LogP contribution in [0.25, 0.3) is 0 Å². The third kappa shape index (κ3) is 2.36. The number of hydrogen-bond acceptors (Lipinski definition) is 2. The van der Waals surface area contributed by atoms with Crippen molar-refractivity contribution in [1.82, 2.24) is 9.80 Å². The van der Waals surface area contributed by atoms with Crippen LogP contribution >= 0.6 is 0 Å². The Morgan fingerprint density at radius 1 is 0.923 bits per heavy atom. The zero-order chi connectivity index (χ0) is 17.7. The molecule has 2 atom stereocenters. The molecule has 0 radical (unpaired) electrons. The van der Waals surface area contributed by atoms with E-state index in [0.29, 0.717) is 12.0 Å². The van der Waals surface area contributed by atoms with Gasteiger partial charge in [0, 0.05) is 19.2 Å². The summed E-state index contributed by atoms with van der Waals surface area (Å²) in [6.07, 6.45) is 2.42. The van der Waals surface area contributed by atoms with E-state index < -0.39 is 0 Å². The largest absolute Gasteiger partial charge is 0.325 e. The van der Waals surface area contributed by atoms with Gasteiger partial charge in [0.2, 0.25) is 0 Å². The summed E-state index contributed by atoms with van der Waals surface area (Å²) in [6.45, 7) is 3.38. The van der Waals surface area contributed by atoms with Crippen molar-refractivity contribution < 1.29 is 4.79 Å². The van der Waals surface area contributed by atoms with Gasteiger partial charge in [0.25, 0.3) is 0 Å². The Hall–Kier alpha value is -2.33. The molecule has 2 unspecified atom stereocenters.